The maximum absolute atomic E-state index is 6.17. The highest BCUT2D eigenvalue weighted by atomic mass is 16.5. The summed E-state index contributed by atoms with van der Waals surface area (Å²) in [6.45, 7) is 4.26. The van der Waals surface area contributed by atoms with Crippen LogP contribution in [0.3, 0.4) is 0 Å². The molecule has 1 aliphatic rings. The van der Waals surface area contributed by atoms with Crippen LogP contribution < -0.4 is 10.5 Å². The molecule has 0 amide bonds. The molecule has 0 radical (unpaired) electrons. The number of likely N-dealkylation sites (N-methyl/N-ethyl adjacent to an activating group) is 1. The first-order chi connectivity index (χ1) is 13.1. The lowest BCUT2D eigenvalue weighted by Gasteiger charge is -2.32. The monoisotopic (exact) mass is 369 g/mol. The topological polar surface area (TPSA) is 84.8 Å². The first-order valence-corrected chi connectivity index (χ1v) is 9.42. The number of fused-ring (bicyclic) bond motifs is 3. The third-order valence-corrected chi connectivity index (χ3v) is 5.26. The Morgan fingerprint density at radius 2 is 2.15 bits per heavy atom. The smallest absolute Gasteiger partial charge is 0.223 e. The molecule has 3 heterocycles. The average Bonchev–Trinajstić information content (AvgIpc) is 3.13. The van der Waals surface area contributed by atoms with Crippen LogP contribution in [0.15, 0.2) is 18.2 Å². The number of piperidine rings is 1. The van der Waals surface area contributed by atoms with Gasteiger partial charge in [0, 0.05) is 30.9 Å². The van der Waals surface area contributed by atoms with Gasteiger partial charge in [0.1, 0.15) is 11.3 Å². The largest absolute Gasteiger partial charge is 0.494 e. The van der Waals surface area contributed by atoms with Crippen molar-refractivity contribution in [3.8, 4) is 5.75 Å². The van der Waals surface area contributed by atoms with Crippen LogP contribution in [0.5, 0.6) is 5.75 Å². The first-order valence-electron chi connectivity index (χ1n) is 9.42. The van der Waals surface area contributed by atoms with E-state index in [2.05, 4.69) is 28.9 Å². The van der Waals surface area contributed by atoms with E-state index in [-0.39, 0.29) is 0 Å². The molecule has 144 valence electrons. The zero-order valence-corrected chi connectivity index (χ0v) is 16.2. The molecule has 2 aromatic heterocycles. The number of rotatable bonds is 5. The van der Waals surface area contributed by atoms with Gasteiger partial charge in [0.15, 0.2) is 11.5 Å². The number of para-hydroxylation sites is 1. The van der Waals surface area contributed by atoms with Crippen LogP contribution in [0.1, 0.15) is 24.6 Å². The van der Waals surface area contributed by atoms with E-state index in [4.69, 9.17) is 20.6 Å². The van der Waals surface area contributed by atoms with Gasteiger partial charge in [0.2, 0.25) is 5.95 Å². The summed E-state index contributed by atoms with van der Waals surface area (Å²) in [4.78, 5) is 14.1. The number of aromatic nitrogens is 4. The summed E-state index contributed by atoms with van der Waals surface area (Å²) in [6, 6.07) is 5.81. The Bertz CT molecular complexity index is 952. The minimum Gasteiger partial charge on any atom is -0.494 e. The van der Waals surface area contributed by atoms with Crippen LogP contribution in [-0.2, 0) is 0 Å². The molecular formula is C19H27N7O. The summed E-state index contributed by atoms with van der Waals surface area (Å²) in [7, 11) is 5.86. The van der Waals surface area contributed by atoms with Gasteiger partial charge in [-0.15, -0.1) is 5.10 Å². The number of nitrogens with zero attached hydrogens (tertiary/aromatic N) is 6. The van der Waals surface area contributed by atoms with E-state index in [9.17, 15) is 0 Å². The lowest BCUT2D eigenvalue weighted by Crippen LogP contribution is -2.38. The van der Waals surface area contributed by atoms with Gasteiger partial charge in [-0.25, -0.2) is 9.97 Å². The Hall–Kier alpha value is -2.45. The van der Waals surface area contributed by atoms with Gasteiger partial charge in [-0.1, -0.05) is 6.07 Å². The van der Waals surface area contributed by atoms with Crippen LogP contribution in [-0.4, -0.2) is 76.8 Å². The van der Waals surface area contributed by atoms with E-state index in [0.29, 0.717) is 17.6 Å². The van der Waals surface area contributed by atoms with Gasteiger partial charge < -0.3 is 20.3 Å². The number of benzene rings is 1. The SMILES string of the molecule is COc1cccc2c1nc(N)n1nc(C3CCCN(CCN(C)C)C3)nc21. The average molecular weight is 369 g/mol. The molecule has 8 heteroatoms. The van der Waals surface area contributed by atoms with Crippen molar-refractivity contribution < 1.29 is 4.74 Å². The van der Waals surface area contributed by atoms with E-state index in [0.717, 1.165) is 61.4 Å². The van der Waals surface area contributed by atoms with Crippen molar-refractivity contribution in [3.05, 3.63) is 24.0 Å². The first kappa shape index (κ1) is 17.9. The predicted octanol–water partition coefficient (Wildman–Crippen LogP) is 1.61. The normalized spacial score (nSPS) is 18.6. The second kappa shape index (κ2) is 7.28. The zero-order chi connectivity index (χ0) is 19.0. The maximum Gasteiger partial charge on any atom is 0.223 e. The third-order valence-electron chi connectivity index (χ3n) is 5.26. The predicted molar refractivity (Wildman–Crippen MR) is 106 cm³/mol. The molecule has 0 saturated carbocycles. The number of methoxy groups -OCH3 is 1. The molecule has 3 aromatic rings. The summed E-state index contributed by atoms with van der Waals surface area (Å²) >= 11 is 0. The highest BCUT2D eigenvalue weighted by Gasteiger charge is 2.25. The number of hydrogen-bond donors (Lipinski definition) is 1. The number of hydrogen-bond acceptors (Lipinski definition) is 7. The Morgan fingerprint density at radius 3 is 2.93 bits per heavy atom. The molecular weight excluding hydrogens is 342 g/mol. The Labute approximate surface area is 158 Å². The lowest BCUT2D eigenvalue weighted by molar-refractivity contribution is 0.187. The standard InChI is InChI=1S/C19H27N7O/c1-24(2)10-11-25-9-5-6-13(12-25)17-22-18-14-7-4-8-15(27-3)16(14)21-19(20)26(18)23-17/h4,7-8,13H,5-6,9-12H2,1-3H3,(H2,20,21). The fourth-order valence-electron chi connectivity index (χ4n) is 3.79. The molecule has 4 rings (SSSR count). The summed E-state index contributed by atoms with van der Waals surface area (Å²) < 4.78 is 7.09. The quantitative estimate of drug-likeness (QED) is 0.731. The molecule has 1 aromatic carbocycles. The van der Waals surface area contributed by atoms with E-state index < -0.39 is 0 Å². The molecule has 0 aliphatic carbocycles. The fourth-order valence-corrected chi connectivity index (χ4v) is 3.79. The Kier molecular flexibility index (Phi) is 4.84. The maximum atomic E-state index is 6.17. The highest BCUT2D eigenvalue weighted by molar-refractivity contribution is 5.95. The van der Waals surface area contributed by atoms with Gasteiger partial charge in [-0.2, -0.15) is 4.52 Å². The Balaban J connectivity index is 1.69. The number of nitrogen functional groups attached to an aromatic ring is 1. The molecule has 27 heavy (non-hydrogen) atoms. The minimum atomic E-state index is 0.320. The van der Waals surface area contributed by atoms with Crippen molar-refractivity contribution in [1.82, 2.24) is 29.4 Å². The second-order valence-corrected chi connectivity index (χ2v) is 7.47. The molecule has 0 bridgehead atoms. The van der Waals surface area contributed by atoms with Gasteiger partial charge in [0.05, 0.1) is 7.11 Å². The van der Waals surface area contributed by atoms with Crippen molar-refractivity contribution in [2.45, 2.75) is 18.8 Å². The van der Waals surface area contributed by atoms with E-state index in [1.165, 1.54) is 0 Å². The van der Waals surface area contributed by atoms with Gasteiger partial charge >= 0.3 is 0 Å². The Morgan fingerprint density at radius 1 is 1.30 bits per heavy atom. The molecule has 1 atom stereocenters. The molecule has 8 nitrogen and oxygen atoms in total. The molecule has 1 saturated heterocycles. The molecule has 0 spiro atoms. The van der Waals surface area contributed by atoms with E-state index in [1.54, 1.807) is 11.6 Å². The summed E-state index contributed by atoms with van der Waals surface area (Å²) in [5.74, 6) is 2.20. The second-order valence-electron chi connectivity index (χ2n) is 7.47. The minimum absolute atomic E-state index is 0.320. The molecule has 2 N–H and O–H groups in total. The van der Waals surface area contributed by atoms with Crippen molar-refractivity contribution in [2.24, 2.45) is 0 Å². The van der Waals surface area contributed by atoms with Crippen LogP contribution in [0.25, 0.3) is 16.6 Å². The highest BCUT2D eigenvalue weighted by Crippen LogP contribution is 2.30. The van der Waals surface area contributed by atoms with Gasteiger partial charge in [0.25, 0.3) is 0 Å². The van der Waals surface area contributed by atoms with Crippen molar-refractivity contribution in [1.29, 1.82) is 0 Å². The summed E-state index contributed by atoms with van der Waals surface area (Å²) in [6.07, 6.45) is 2.26. The lowest BCUT2D eigenvalue weighted by atomic mass is 9.97. The zero-order valence-electron chi connectivity index (χ0n) is 16.2. The van der Waals surface area contributed by atoms with Gasteiger partial charge in [-0.3, -0.25) is 0 Å². The number of anilines is 1. The fraction of sp³-hybridized carbons (Fsp3) is 0.526. The van der Waals surface area contributed by atoms with Crippen molar-refractivity contribution >= 4 is 22.5 Å². The van der Waals surface area contributed by atoms with Crippen molar-refractivity contribution in [2.75, 3.05) is 53.1 Å². The number of ether oxygens (including phenoxy) is 1. The number of likely N-dealkylation sites (tertiary alicyclic amines) is 1. The van der Waals surface area contributed by atoms with E-state index >= 15 is 0 Å². The van der Waals surface area contributed by atoms with Crippen LogP contribution >= 0.6 is 0 Å². The van der Waals surface area contributed by atoms with Crippen LogP contribution in [0.2, 0.25) is 0 Å². The molecule has 1 fully saturated rings. The van der Waals surface area contributed by atoms with Crippen molar-refractivity contribution in [3.63, 3.8) is 0 Å². The third kappa shape index (κ3) is 3.42. The van der Waals surface area contributed by atoms with E-state index in [1.807, 2.05) is 18.2 Å². The summed E-state index contributed by atoms with van der Waals surface area (Å²) in [5, 5.41) is 5.62. The summed E-state index contributed by atoms with van der Waals surface area (Å²) in [5.41, 5.74) is 7.64. The van der Waals surface area contributed by atoms with Crippen LogP contribution in [0, 0.1) is 0 Å². The van der Waals surface area contributed by atoms with Gasteiger partial charge in [-0.05, 0) is 45.6 Å². The molecule has 1 unspecified atom stereocenters. The number of nitrogens with two attached hydrogens (primary N) is 1. The molecule has 1 aliphatic heterocycles. The van der Waals surface area contributed by atoms with Crippen LogP contribution in [0.4, 0.5) is 5.95 Å².